The van der Waals surface area contributed by atoms with Gasteiger partial charge in [-0.1, -0.05) is 12.1 Å². The number of thiol groups is 1. The predicted octanol–water partition coefficient (Wildman–Crippen LogP) is -3.28. The van der Waals surface area contributed by atoms with Crippen LogP contribution in [0.1, 0.15) is 5.56 Å². The molecule has 0 aliphatic heterocycles. The number of carboxylic acids is 1. The number of phenolic OH excluding ortho intramolecular Hbond substituents is 1. The van der Waals surface area contributed by atoms with Crippen LogP contribution in [0.2, 0.25) is 0 Å². The summed E-state index contributed by atoms with van der Waals surface area (Å²) in [7, 11) is 0. The van der Waals surface area contributed by atoms with E-state index in [9.17, 15) is 29.4 Å². The summed E-state index contributed by atoms with van der Waals surface area (Å²) in [4.78, 5) is 47.6. The predicted molar refractivity (Wildman–Crippen MR) is 111 cm³/mol. The number of phenols is 1. The van der Waals surface area contributed by atoms with Crippen molar-refractivity contribution in [2.75, 3.05) is 19.0 Å². The molecule has 1 aromatic carbocycles. The number of rotatable bonds is 12. The maximum Gasteiger partial charge on any atom is 0.328 e. The highest BCUT2D eigenvalue weighted by atomic mass is 32.1. The minimum atomic E-state index is -1.61. The number of hydrogen-bond acceptors (Lipinski definition) is 9. The summed E-state index contributed by atoms with van der Waals surface area (Å²) >= 11 is 3.99. The largest absolute Gasteiger partial charge is 0.508 e. The lowest BCUT2D eigenvalue weighted by Crippen LogP contribution is -2.59. The van der Waals surface area contributed by atoms with Crippen LogP contribution < -0.4 is 21.7 Å². The van der Waals surface area contributed by atoms with Crippen LogP contribution in [0.3, 0.4) is 0 Å². The summed E-state index contributed by atoms with van der Waals surface area (Å²) in [6.45, 7) is -1.75. The number of aliphatic carboxylic acids is 1. The average molecular weight is 458 g/mol. The number of amides is 3. The first-order valence-electron chi connectivity index (χ1n) is 9.12. The number of carbonyl (C=O) groups is 4. The van der Waals surface area contributed by atoms with E-state index >= 15 is 0 Å². The SMILES string of the molecule is NC(Cc1ccc(O)cc1)C(=O)NC(CS)C(=O)NC(CO)C(=O)NC(CO)C(=O)O. The number of benzene rings is 1. The minimum absolute atomic E-state index is 0.0599. The maximum absolute atomic E-state index is 12.4. The molecule has 9 N–H and O–H groups in total. The van der Waals surface area contributed by atoms with Crippen LogP contribution >= 0.6 is 12.6 Å². The molecule has 0 spiro atoms. The Bertz CT molecular complexity index is 776. The highest BCUT2D eigenvalue weighted by molar-refractivity contribution is 7.80. The molecule has 0 saturated heterocycles. The number of carbonyl (C=O) groups excluding carboxylic acids is 3. The lowest BCUT2D eigenvalue weighted by atomic mass is 10.1. The summed E-state index contributed by atoms with van der Waals surface area (Å²) in [6.07, 6.45) is 0.131. The number of nitrogens with one attached hydrogen (secondary N) is 3. The van der Waals surface area contributed by atoms with Crippen LogP contribution in [-0.4, -0.2) is 87.3 Å². The van der Waals surface area contributed by atoms with Gasteiger partial charge in [-0.25, -0.2) is 4.79 Å². The Hall–Kier alpha value is -2.87. The molecule has 0 radical (unpaired) electrons. The summed E-state index contributed by atoms with van der Waals surface area (Å²) in [5, 5.41) is 43.0. The van der Waals surface area contributed by atoms with Gasteiger partial charge in [0, 0.05) is 5.75 Å². The smallest absolute Gasteiger partial charge is 0.328 e. The number of carboxylic acid groups (broad SMARTS) is 1. The van der Waals surface area contributed by atoms with E-state index < -0.39 is 61.1 Å². The Morgan fingerprint density at radius 2 is 1.35 bits per heavy atom. The van der Waals surface area contributed by atoms with E-state index in [0.29, 0.717) is 5.56 Å². The van der Waals surface area contributed by atoms with Crippen molar-refractivity contribution >= 4 is 36.3 Å². The van der Waals surface area contributed by atoms with Crippen molar-refractivity contribution in [3.8, 4) is 5.75 Å². The Kier molecular flexibility index (Phi) is 10.8. The third-order valence-electron chi connectivity index (χ3n) is 4.16. The molecule has 1 aromatic rings. The fourth-order valence-corrected chi connectivity index (χ4v) is 2.63. The fourth-order valence-electron chi connectivity index (χ4n) is 2.38. The first-order chi connectivity index (χ1) is 14.6. The highest BCUT2D eigenvalue weighted by Gasteiger charge is 2.29. The van der Waals surface area contributed by atoms with Crippen molar-refractivity contribution in [2.24, 2.45) is 5.73 Å². The molecule has 0 aliphatic rings. The minimum Gasteiger partial charge on any atom is -0.508 e. The molecule has 0 fully saturated rings. The first-order valence-corrected chi connectivity index (χ1v) is 9.76. The molecule has 12 nitrogen and oxygen atoms in total. The average Bonchev–Trinajstić information content (AvgIpc) is 2.74. The van der Waals surface area contributed by atoms with Crippen molar-refractivity contribution in [2.45, 2.75) is 30.6 Å². The van der Waals surface area contributed by atoms with E-state index in [2.05, 4.69) is 23.3 Å². The van der Waals surface area contributed by atoms with Gasteiger partial charge < -0.3 is 42.1 Å². The molecular formula is C18H26N4O8S. The Morgan fingerprint density at radius 1 is 0.871 bits per heavy atom. The van der Waals surface area contributed by atoms with Crippen LogP contribution in [0.15, 0.2) is 24.3 Å². The molecule has 0 aromatic heterocycles. The third-order valence-corrected chi connectivity index (χ3v) is 4.52. The van der Waals surface area contributed by atoms with Crippen LogP contribution in [-0.2, 0) is 25.6 Å². The van der Waals surface area contributed by atoms with Gasteiger partial charge >= 0.3 is 5.97 Å². The van der Waals surface area contributed by atoms with Crippen LogP contribution in [0.5, 0.6) is 5.75 Å². The third kappa shape index (κ3) is 8.41. The molecule has 0 heterocycles. The molecule has 1 rings (SSSR count). The summed E-state index contributed by atoms with van der Waals surface area (Å²) < 4.78 is 0. The molecule has 4 atom stereocenters. The van der Waals surface area contributed by atoms with Gasteiger partial charge in [-0.3, -0.25) is 14.4 Å². The summed E-state index contributed by atoms with van der Waals surface area (Å²) in [6, 6.07) is 0.710. The maximum atomic E-state index is 12.4. The molecule has 0 bridgehead atoms. The van der Waals surface area contributed by atoms with E-state index in [-0.39, 0.29) is 17.9 Å². The highest BCUT2D eigenvalue weighted by Crippen LogP contribution is 2.11. The van der Waals surface area contributed by atoms with Gasteiger partial charge in [0.1, 0.15) is 23.9 Å². The van der Waals surface area contributed by atoms with Gasteiger partial charge in [-0.15, -0.1) is 0 Å². The first kappa shape index (κ1) is 26.2. The number of hydrogen-bond donors (Lipinski definition) is 9. The fraction of sp³-hybridized carbons (Fsp3) is 0.444. The van der Waals surface area contributed by atoms with Crippen molar-refractivity contribution in [3.63, 3.8) is 0 Å². The van der Waals surface area contributed by atoms with Gasteiger partial charge in [0.05, 0.1) is 19.3 Å². The van der Waals surface area contributed by atoms with Gasteiger partial charge in [0.2, 0.25) is 17.7 Å². The van der Waals surface area contributed by atoms with E-state index in [4.69, 9.17) is 15.9 Å². The number of aliphatic hydroxyl groups is 2. The lowest BCUT2D eigenvalue weighted by molar-refractivity contribution is -0.143. The Balaban J connectivity index is 2.69. The van der Waals surface area contributed by atoms with Crippen LogP contribution in [0.4, 0.5) is 0 Å². The van der Waals surface area contributed by atoms with Crippen molar-refractivity contribution < 1.29 is 39.6 Å². The molecule has 0 aliphatic carbocycles. The summed E-state index contributed by atoms with van der Waals surface area (Å²) in [5.41, 5.74) is 6.53. The molecular weight excluding hydrogens is 432 g/mol. The van der Waals surface area contributed by atoms with Gasteiger partial charge in [-0.2, -0.15) is 12.6 Å². The van der Waals surface area contributed by atoms with Crippen molar-refractivity contribution in [1.29, 1.82) is 0 Å². The quantitative estimate of drug-likeness (QED) is 0.143. The zero-order chi connectivity index (χ0) is 23.6. The van der Waals surface area contributed by atoms with E-state index in [1.807, 2.05) is 5.32 Å². The normalized spacial score (nSPS) is 14.6. The molecule has 4 unspecified atom stereocenters. The summed E-state index contributed by atoms with van der Waals surface area (Å²) in [5.74, 6) is -4.15. The molecule has 31 heavy (non-hydrogen) atoms. The molecule has 172 valence electrons. The van der Waals surface area contributed by atoms with Crippen molar-refractivity contribution in [1.82, 2.24) is 16.0 Å². The van der Waals surface area contributed by atoms with Gasteiger partial charge in [0.25, 0.3) is 0 Å². The Morgan fingerprint density at radius 3 is 1.84 bits per heavy atom. The van der Waals surface area contributed by atoms with Crippen LogP contribution in [0.25, 0.3) is 0 Å². The zero-order valence-corrected chi connectivity index (χ0v) is 17.3. The second kappa shape index (κ2) is 12.7. The number of nitrogens with two attached hydrogens (primary N) is 1. The standard InChI is InChI=1S/C18H26N4O8S/c19-11(5-9-1-3-10(25)4-2-9)15(26)22-14(8-31)17(28)20-12(6-23)16(27)21-13(7-24)18(29)30/h1-4,11-14,23-25,31H,5-8,19H2,(H,20,28)(H,21,27)(H,22,26)(H,29,30). The monoisotopic (exact) mass is 458 g/mol. The van der Waals surface area contributed by atoms with Crippen LogP contribution in [0, 0.1) is 0 Å². The molecule has 3 amide bonds. The number of aromatic hydroxyl groups is 1. The molecule has 13 heteroatoms. The second-order valence-corrected chi connectivity index (χ2v) is 6.91. The Labute approximate surface area is 183 Å². The topological polar surface area (TPSA) is 211 Å². The second-order valence-electron chi connectivity index (χ2n) is 6.55. The van der Waals surface area contributed by atoms with Gasteiger partial charge in [0.15, 0.2) is 0 Å². The van der Waals surface area contributed by atoms with E-state index in [1.54, 1.807) is 12.1 Å². The molecule has 0 saturated carbocycles. The van der Waals surface area contributed by atoms with Crippen molar-refractivity contribution in [3.05, 3.63) is 29.8 Å². The zero-order valence-electron chi connectivity index (χ0n) is 16.4. The van der Waals surface area contributed by atoms with Gasteiger partial charge in [-0.05, 0) is 24.1 Å². The number of aliphatic hydroxyl groups excluding tert-OH is 2. The lowest BCUT2D eigenvalue weighted by Gasteiger charge is -2.23. The van der Waals surface area contributed by atoms with E-state index in [1.165, 1.54) is 12.1 Å². The van der Waals surface area contributed by atoms with E-state index in [0.717, 1.165) is 0 Å².